The smallest absolute Gasteiger partial charge is 0.119 e. The van der Waals surface area contributed by atoms with Gasteiger partial charge in [-0.25, -0.2) is 0 Å². The number of nitrogens with two attached hydrogens (primary N) is 1. The Morgan fingerprint density at radius 3 is 2.37 bits per heavy atom. The van der Waals surface area contributed by atoms with Gasteiger partial charge in [0.1, 0.15) is 12.4 Å². The molecule has 0 aliphatic rings. The minimum atomic E-state index is 0.470. The zero-order chi connectivity index (χ0) is 13.7. The van der Waals surface area contributed by atoms with Crippen LogP contribution in [0.4, 0.5) is 0 Å². The van der Waals surface area contributed by atoms with Crippen LogP contribution in [0.2, 0.25) is 0 Å². The molecule has 0 bridgehead atoms. The molecule has 0 saturated carbocycles. The van der Waals surface area contributed by atoms with Gasteiger partial charge in [-0.1, -0.05) is 32.0 Å². The van der Waals surface area contributed by atoms with Gasteiger partial charge in [-0.2, -0.15) is 0 Å². The fourth-order valence-corrected chi connectivity index (χ4v) is 1.78. The van der Waals surface area contributed by atoms with Gasteiger partial charge in [-0.05, 0) is 29.7 Å². The van der Waals surface area contributed by atoms with Gasteiger partial charge in [0.05, 0.1) is 5.69 Å². The molecule has 0 radical (unpaired) electrons. The van der Waals surface area contributed by atoms with Crippen molar-refractivity contribution in [1.82, 2.24) is 4.98 Å². The molecule has 0 aliphatic heterocycles. The Labute approximate surface area is 114 Å². The summed E-state index contributed by atoms with van der Waals surface area (Å²) in [6, 6.07) is 12.2. The molecular weight excluding hydrogens is 236 g/mol. The summed E-state index contributed by atoms with van der Waals surface area (Å²) in [6.45, 7) is 5.36. The highest BCUT2D eigenvalue weighted by molar-refractivity contribution is 5.29. The van der Waals surface area contributed by atoms with Crippen molar-refractivity contribution in [2.45, 2.75) is 32.9 Å². The number of rotatable bonds is 5. The zero-order valence-electron chi connectivity index (χ0n) is 11.5. The summed E-state index contributed by atoms with van der Waals surface area (Å²) < 4.78 is 5.73. The van der Waals surface area contributed by atoms with Crippen molar-refractivity contribution < 1.29 is 4.74 Å². The van der Waals surface area contributed by atoms with E-state index < -0.39 is 0 Å². The molecule has 0 amide bonds. The monoisotopic (exact) mass is 256 g/mol. The molecule has 0 spiro atoms. The summed E-state index contributed by atoms with van der Waals surface area (Å²) in [5.74, 6) is 1.43. The topological polar surface area (TPSA) is 48.1 Å². The lowest BCUT2D eigenvalue weighted by molar-refractivity contribution is 0.305. The Bertz CT molecular complexity index is 503. The highest BCUT2D eigenvalue weighted by Crippen LogP contribution is 2.19. The number of hydrogen-bond acceptors (Lipinski definition) is 3. The summed E-state index contributed by atoms with van der Waals surface area (Å²) >= 11 is 0. The molecule has 3 nitrogen and oxygen atoms in total. The van der Waals surface area contributed by atoms with Gasteiger partial charge in [0.25, 0.3) is 0 Å². The van der Waals surface area contributed by atoms with Crippen molar-refractivity contribution >= 4 is 0 Å². The van der Waals surface area contributed by atoms with Crippen molar-refractivity contribution in [2.75, 3.05) is 0 Å². The second kappa shape index (κ2) is 6.34. The van der Waals surface area contributed by atoms with Crippen LogP contribution in [0.5, 0.6) is 5.75 Å². The second-order valence-corrected chi connectivity index (χ2v) is 4.87. The predicted octanol–water partition coefficient (Wildman–Crippen LogP) is 3.24. The first-order valence-corrected chi connectivity index (χ1v) is 6.55. The number of pyridine rings is 1. The van der Waals surface area contributed by atoms with Crippen LogP contribution >= 0.6 is 0 Å². The van der Waals surface area contributed by atoms with Crippen molar-refractivity contribution in [2.24, 2.45) is 5.73 Å². The number of hydrogen-bond donors (Lipinski definition) is 1. The van der Waals surface area contributed by atoms with Crippen LogP contribution in [0.3, 0.4) is 0 Å². The van der Waals surface area contributed by atoms with Crippen LogP contribution < -0.4 is 10.5 Å². The largest absolute Gasteiger partial charge is 0.489 e. The maximum Gasteiger partial charge on any atom is 0.119 e. The molecule has 100 valence electrons. The average molecular weight is 256 g/mol. The Morgan fingerprint density at radius 2 is 1.84 bits per heavy atom. The minimum absolute atomic E-state index is 0.470. The van der Waals surface area contributed by atoms with Crippen LogP contribution in [0.15, 0.2) is 42.6 Å². The third kappa shape index (κ3) is 3.80. The number of benzene rings is 1. The zero-order valence-corrected chi connectivity index (χ0v) is 11.5. The Morgan fingerprint density at radius 1 is 1.11 bits per heavy atom. The quantitative estimate of drug-likeness (QED) is 0.893. The summed E-state index contributed by atoms with van der Waals surface area (Å²) in [7, 11) is 0. The van der Waals surface area contributed by atoms with Gasteiger partial charge in [-0.3, -0.25) is 4.98 Å². The van der Waals surface area contributed by atoms with E-state index in [1.165, 1.54) is 5.56 Å². The molecule has 1 heterocycles. The van der Waals surface area contributed by atoms with E-state index in [-0.39, 0.29) is 0 Å². The molecule has 3 heteroatoms. The van der Waals surface area contributed by atoms with E-state index in [2.05, 4.69) is 31.0 Å². The van der Waals surface area contributed by atoms with E-state index in [1.807, 2.05) is 30.5 Å². The summed E-state index contributed by atoms with van der Waals surface area (Å²) in [4.78, 5) is 4.24. The molecule has 2 N–H and O–H groups in total. The van der Waals surface area contributed by atoms with E-state index in [4.69, 9.17) is 10.5 Å². The maximum absolute atomic E-state index is 5.73. The fourth-order valence-electron chi connectivity index (χ4n) is 1.78. The number of nitrogens with zero attached hydrogens (tertiary/aromatic N) is 1. The van der Waals surface area contributed by atoms with Crippen LogP contribution in [0.25, 0.3) is 0 Å². The van der Waals surface area contributed by atoms with E-state index in [0.717, 1.165) is 17.0 Å². The van der Waals surface area contributed by atoms with Gasteiger partial charge in [0, 0.05) is 18.3 Å². The van der Waals surface area contributed by atoms with E-state index >= 15 is 0 Å². The van der Waals surface area contributed by atoms with Crippen molar-refractivity contribution in [3.8, 4) is 5.75 Å². The SMILES string of the molecule is CC(C)c1ccc(OCc2ccc(CN)nc2)cc1. The van der Waals surface area contributed by atoms with Crippen LogP contribution in [-0.4, -0.2) is 4.98 Å². The molecule has 1 aromatic heterocycles. The highest BCUT2D eigenvalue weighted by Gasteiger charge is 2.00. The van der Waals surface area contributed by atoms with Crippen LogP contribution in [0, 0.1) is 0 Å². The van der Waals surface area contributed by atoms with Crippen molar-refractivity contribution in [3.05, 3.63) is 59.4 Å². The first-order chi connectivity index (χ1) is 9.19. The Hall–Kier alpha value is -1.87. The second-order valence-electron chi connectivity index (χ2n) is 4.87. The van der Waals surface area contributed by atoms with E-state index in [0.29, 0.717) is 19.1 Å². The maximum atomic E-state index is 5.73. The Kier molecular flexibility index (Phi) is 4.53. The molecule has 0 aliphatic carbocycles. The lowest BCUT2D eigenvalue weighted by Gasteiger charge is -2.09. The van der Waals surface area contributed by atoms with E-state index in [1.54, 1.807) is 0 Å². The minimum Gasteiger partial charge on any atom is -0.489 e. The molecule has 1 aromatic carbocycles. The summed E-state index contributed by atoms with van der Waals surface area (Å²) in [5, 5.41) is 0. The van der Waals surface area contributed by atoms with Crippen LogP contribution in [0.1, 0.15) is 36.6 Å². The molecule has 2 rings (SSSR count). The fraction of sp³-hybridized carbons (Fsp3) is 0.312. The third-order valence-electron chi connectivity index (χ3n) is 3.05. The predicted molar refractivity (Wildman–Crippen MR) is 77.0 cm³/mol. The normalized spacial score (nSPS) is 10.7. The molecule has 0 unspecified atom stereocenters. The van der Waals surface area contributed by atoms with Crippen molar-refractivity contribution in [1.29, 1.82) is 0 Å². The lowest BCUT2D eigenvalue weighted by Crippen LogP contribution is -2.01. The molecule has 0 fully saturated rings. The summed E-state index contributed by atoms with van der Waals surface area (Å²) in [6.07, 6.45) is 1.81. The van der Waals surface area contributed by atoms with Gasteiger partial charge in [0.15, 0.2) is 0 Å². The first kappa shape index (κ1) is 13.6. The van der Waals surface area contributed by atoms with Crippen molar-refractivity contribution in [3.63, 3.8) is 0 Å². The molecule has 0 atom stereocenters. The standard InChI is InChI=1S/C16H20N2O/c1-12(2)14-4-7-16(8-5-14)19-11-13-3-6-15(9-17)18-10-13/h3-8,10,12H,9,11,17H2,1-2H3. The first-order valence-electron chi connectivity index (χ1n) is 6.55. The van der Waals surface area contributed by atoms with Gasteiger partial charge >= 0.3 is 0 Å². The lowest BCUT2D eigenvalue weighted by atomic mass is 10.0. The molecule has 19 heavy (non-hydrogen) atoms. The Balaban J connectivity index is 1.94. The molecule has 0 saturated heterocycles. The number of aromatic nitrogens is 1. The van der Waals surface area contributed by atoms with Crippen LogP contribution in [-0.2, 0) is 13.2 Å². The van der Waals surface area contributed by atoms with E-state index in [9.17, 15) is 0 Å². The molecular formula is C16H20N2O. The van der Waals surface area contributed by atoms with Gasteiger partial charge < -0.3 is 10.5 Å². The summed E-state index contributed by atoms with van der Waals surface area (Å²) in [5.41, 5.74) is 8.77. The van der Waals surface area contributed by atoms with Gasteiger partial charge in [-0.15, -0.1) is 0 Å². The third-order valence-corrected chi connectivity index (χ3v) is 3.05. The van der Waals surface area contributed by atoms with Gasteiger partial charge in [0.2, 0.25) is 0 Å². The average Bonchev–Trinajstić information content (AvgIpc) is 2.46. The highest BCUT2D eigenvalue weighted by atomic mass is 16.5. The molecule has 2 aromatic rings. The number of ether oxygens (including phenoxy) is 1.